The summed E-state index contributed by atoms with van der Waals surface area (Å²) in [5, 5.41) is 15.0. The fourth-order valence-corrected chi connectivity index (χ4v) is 3.52. The van der Waals surface area contributed by atoms with Gasteiger partial charge in [-0.25, -0.2) is 4.68 Å². The van der Waals surface area contributed by atoms with Gasteiger partial charge < -0.3 is 5.32 Å². The molecule has 7 heteroatoms. The summed E-state index contributed by atoms with van der Waals surface area (Å²) in [5.41, 5.74) is 2.84. The summed E-state index contributed by atoms with van der Waals surface area (Å²) in [6.07, 6.45) is 11.2. The molecule has 0 amide bonds. The van der Waals surface area contributed by atoms with Crippen LogP contribution in [-0.2, 0) is 6.54 Å². The van der Waals surface area contributed by atoms with Gasteiger partial charge in [-0.05, 0) is 43.9 Å². The summed E-state index contributed by atoms with van der Waals surface area (Å²) in [6.45, 7) is 0.820. The molecule has 0 bridgehead atoms. The SMILES string of the molecule is O=c1ccc(-c2cccnc2)nn1C1CCC(NCc2cn[nH]c2)CC1. The molecule has 3 aromatic rings. The number of H-pyrrole nitrogens is 1. The smallest absolute Gasteiger partial charge is 0.267 e. The maximum absolute atomic E-state index is 12.3. The molecule has 0 atom stereocenters. The van der Waals surface area contributed by atoms with Crippen molar-refractivity contribution in [3.05, 3.63) is 65.0 Å². The van der Waals surface area contributed by atoms with E-state index in [0.29, 0.717) is 6.04 Å². The zero-order valence-corrected chi connectivity index (χ0v) is 14.5. The number of nitrogens with one attached hydrogen (secondary N) is 2. The van der Waals surface area contributed by atoms with E-state index >= 15 is 0 Å². The van der Waals surface area contributed by atoms with Crippen LogP contribution >= 0.6 is 0 Å². The summed E-state index contributed by atoms with van der Waals surface area (Å²) < 4.78 is 1.66. The van der Waals surface area contributed by atoms with Gasteiger partial charge in [-0.2, -0.15) is 10.2 Å². The Morgan fingerprint density at radius 3 is 2.77 bits per heavy atom. The molecule has 0 radical (unpaired) electrons. The molecular formula is C19H22N6O. The lowest BCUT2D eigenvalue weighted by Gasteiger charge is -2.29. The van der Waals surface area contributed by atoms with Crippen molar-refractivity contribution < 1.29 is 0 Å². The summed E-state index contributed by atoms with van der Waals surface area (Å²) in [6, 6.07) is 7.85. The van der Waals surface area contributed by atoms with Gasteiger partial charge in [0.25, 0.3) is 5.56 Å². The molecule has 1 saturated carbocycles. The Kier molecular flexibility index (Phi) is 4.88. The van der Waals surface area contributed by atoms with Crippen molar-refractivity contribution in [2.24, 2.45) is 0 Å². The minimum atomic E-state index is -0.0348. The molecule has 0 aliphatic heterocycles. The zero-order chi connectivity index (χ0) is 17.8. The minimum absolute atomic E-state index is 0.0348. The minimum Gasteiger partial charge on any atom is -0.310 e. The van der Waals surface area contributed by atoms with Gasteiger partial charge in [-0.1, -0.05) is 0 Å². The Morgan fingerprint density at radius 1 is 1.15 bits per heavy atom. The van der Waals surface area contributed by atoms with Crippen molar-refractivity contribution >= 4 is 0 Å². The highest BCUT2D eigenvalue weighted by atomic mass is 16.1. The van der Waals surface area contributed by atoms with Crippen LogP contribution in [0.25, 0.3) is 11.3 Å². The predicted octanol–water partition coefficient (Wildman–Crippen LogP) is 2.30. The van der Waals surface area contributed by atoms with Gasteiger partial charge in [0.15, 0.2) is 0 Å². The van der Waals surface area contributed by atoms with Crippen molar-refractivity contribution in [1.82, 2.24) is 30.3 Å². The molecule has 1 fully saturated rings. The fraction of sp³-hybridized carbons (Fsp3) is 0.368. The third-order valence-electron chi connectivity index (χ3n) is 4.97. The number of hydrogen-bond donors (Lipinski definition) is 2. The molecular weight excluding hydrogens is 328 g/mol. The van der Waals surface area contributed by atoms with Gasteiger partial charge in [-0.3, -0.25) is 14.9 Å². The van der Waals surface area contributed by atoms with E-state index in [0.717, 1.165) is 49.0 Å². The Morgan fingerprint density at radius 2 is 2.04 bits per heavy atom. The number of hydrogen-bond acceptors (Lipinski definition) is 5. The summed E-state index contributed by atoms with van der Waals surface area (Å²) >= 11 is 0. The van der Waals surface area contributed by atoms with Gasteiger partial charge in [0, 0.05) is 48.4 Å². The first-order valence-corrected chi connectivity index (χ1v) is 9.01. The van der Waals surface area contributed by atoms with E-state index in [1.807, 2.05) is 24.5 Å². The number of nitrogens with zero attached hydrogens (tertiary/aromatic N) is 4. The van der Waals surface area contributed by atoms with E-state index in [-0.39, 0.29) is 11.6 Å². The van der Waals surface area contributed by atoms with Crippen LogP contribution in [0.5, 0.6) is 0 Å². The van der Waals surface area contributed by atoms with Gasteiger partial charge >= 0.3 is 0 Å². The van der Waals surface area contributed by atoms with Crippen molar-refractivity contribution in [3.8, 4) is 11.3 Å². The molecule has 7 nitrogen and oxygen atoms in total. The molecule has 134 valence electrons. The normalized spacial score (nSPS) is 20.2. The highest BCUT2D eigenvalue weighted by molar-refractivity contribution is 5.56. The van der Waals surface area contributed by atoms with E-state index in [9.17, 15) is 4.79 Å². The molecule has 1 aliphatic carbocycles. The second-order valence-corrected chi connectivity index (χ2v) is 6.74. The van der Waals surface area contributed by atoms with Gasteiger partial charge in [0.1, 0.15) is 0 Å². The first kappa shape index (κ1) is 16.7. The third kappa shape index (κ3) is 3.72. The second kappa shape index (κ2) is 7.61. The lowest BCUT2D eigenvalue weighted by molar-refractivity contribution is 0.269. The largest absolute Gasteiger partial charge is 0.310 e. The Bertz CT molecular complexity index is 882. The number of aromatic nitrogens is 5. The molecule has 26 heavy (non-hydrogen) atoms. The van der Waals surface area contributed by atoms with E-state index < -0.39 is 0 Å². The van der Waals surface area contributed by atoms with Gasteiger partial charge in [-0.15, -0.1) is 0 Å². The van der Waals surface area contributed by atoms with Crippen LogP contribution in [0.1, 0.15) is 37.3 Å². The summed E-state index contributed by atoms with van der Waals surface area (Å²) in [4.78, 5) is 16.5. The fourth-order valence-electron chi connectivity index (χ4n) is 3.52. The van der Waals surface area contributed by atoms with Gasteiger partial charge in [0.05, 0.1) is 17.9 Å². The molecule has 0 spiro atoms. The zero-order valence-electron chi connectivity index (χ0n) is 14.5. The molecule has 2 N–H and O–H groups in total. The molecule has 3 heterocycles. The maximum Gasteiger partial charge on any atom is 0.267 e. The lowest BCUT2D eigenvalue weighted by Crippen LogP contribution is -2.36. The Balaban J connectivity index is 1.41. The van der Waals surface area contributed by atoms with Crippen LogP contribution in [0.2, 0.25) is 0 Å². The lowest BCUT2D eigenvalue weighted by atomic mass is 9.91. The highest BCUT2D eigenvalue weighted by Crippen LogP contribution is 2.27. The number of aromatic amines is 1. The average molecular weight is 350 g/mol. The molecule has 1 aliphatic rings. The van der Waals surface area contributed by atoms with Crippen molar-refractivity contribution in [2.45, 2.75) is 44.3 Å². The number of rotatable bonds is 5. The molecule has 0 aromatic carbocycles. The second-order valence-electron chi connectivity index (χ2n) is 6.74. The molecule has 4 rings (SSSR count). The van der Waals surface area contributed by atoms with Crippen LogP contribution in [0, 0.1) is 0 Å². The van der Waals surface area contributed by atoms with Crippen molar-refractivity contribution in [1.29, 1.82) is 0 Å². The summed E-state index contributed by atoms with van der Waals surface area (Å²) in [7, 11) is 0. The van der Waals surface area contributed by atoms with Crippen molar-refractivity contribution in [2.75, 3.05) is 0 Å². The van der Waals surface area contributed by atoms with E-state index in [1.165, 1.54) is 0 Å². The number of pyridine rings is 1. The average Bonchev–Trinajstić information content (AvgIpc) is 3.22. The molecule has 3 aromatic heterocycles. The van der Waals surface area contributed by atoms with E-state index in [1.54, 1.807) is 29.2 Å². The quantitative estimate of drug-likeness (QED) is 0.737. The topological polar surface area (TPSA) is 88.5 Å². The van der Waals surface area contributed by atoms with E-state index in [2.05, 4.69) is 25.6 Å². The standard InChI is InChI=1S/C19H22N6O/c26-19-8-7-18(15-2-1-9-20-13-15)24-25(19)17-5-3-16(4-6-17)21-10-14-11-22-23-12-14/h1-2,7-9,11-13,16-17,21H,3-6,10H2,(H,22,23). The predicted molar refractivity (Wildman–Crippen MR) is 98.4 cm³/mol. The van der Waals surface area contributed by atoms with Crippen LogP contribution in [0.3, 0.4) is 0 Å². The van der Waals surface area contributed by atoms with Crippen LogP contribution in [0.4, 0.5) is 0 Å². The first-order valence-electron chi connectivity index (χ1n) is 9.01. The maximum atomic E-state index is 12.3. The highest BCUT2D eigenvalue weighted by Gasteiger charge is 2.23. The monoisotopic (exact) mass is 350 g/mol. The Hall–Kier alpha value is -2.80. The molecule has 0 saturated heterocycles. The summed E-state index contributed by atoms with van der Waals surface area (Å²) in [5.74, 6) is 0. The third-order valence-corrected chi connectivity index (χ3v) is 4.97. The van der Waals surface area contributed by atoms with E-state index in [4.69, 9.17) is 0 Å². The van der Waals surface area contributed by atoms with Crippen LogP contribution in [0.15, 0.2) is 53.8 Å². The van der Waals surface area contributed by atoms with Crippen molar-refractivity contribution in [3.63, 3.8) is 0 Å². The van der Waals surface area contributed by atoms with Crippen LogP contribution < -0.4 is 10.9 Å². The van der Waals surface area contributed by atoms with Crippen LogP contribution in [-0.4, -0.2) is 31.0 Å². The molecule has 0 unspecified atom stereocenters. The first-order chi connectivity index (χ1) is 12.8. The van der Waals surface area contributed by atoms with Gasteiger partial charge in [0.2, 0.25) is 0 Å². The Labute approximate surface area is 151 Å².